The van der Waals surface area contributed by atoms with Gasteiger partial charge in [-0.1, -0.05) is 54.1 Å². The molecular weight excluding hydrogens is 499 g/mol. The molecule has 35 heavy (non-hydrogen) atoms. The van der Waals surface area contributed by atoms with Gasteiger partial charge in [0.05, 0.1) is 11.3 Å². The summed E-state index contributed by atoms with van der Waals surface area (Å²) in [6.07, 6.45) is 2.54. The molecule has 1 aromatic heterocycles. The summed E-state index contributed by atoms with van der Waals surface area (Å²) in [4.78, 5) is 20.2. The Bertz CT molecular complexity index is 1320. The van der Waals surface area contributed by atoms with E-state index in [2.05, 4.69) is 4.98 Å². The zero-order valence-corrected chi connectivity index (χ0v) is 19.7. The normalized spacial score (nSPS) is 20.7. The molecule has 0 saturated carbocycles. The molecule has 1 fully saturated rings. The topological polar surface area (TPSA) is 56.7 Å². The molecule has 5 rings (SSSR count). The Kier molecular flexibility index (Phi) is 6.27. The second kappa shape index (κ2) is 9.23. The third-order valence-corrected chi connectivity index (χ3v) is 7.23. The summed E-state index contributed by atoms with van der Waals surface area (Å²) >= 11 is 7.30. The molecule has 2 unspecified atom stereocenters. The molecule has 1 N–H and O–H groups in total. The Morgan fingerprint density at radius 3 is 2.60 bits per heavy atom. The van der Waals surface area contributed by atoms with Gasteiger partial charge < -0.3 is 10.1 Å². The summed E-state index contributed by atoms with van der Waals surface area (Å²) in [5.41, 5.74) is 1.51. The lowest BCUT2D eigenvalue weighted by Crippen LogP contribution is -2.57. The van der Waals surface area contributed by atoms with E-state index in [0.29, 0.717) is 39.8 Å². The molecule has 2 aliphatic heterocycles. The first kappa shape index (κ1) is 23.7. The highest BCUT2D eigenvalue weighted by Gasteiger charge is 2.44. The van der Waals surface area contributed by atoms with E-state index in [1.807, 2.05) is 17.1 Å². The van der Waals surface area contributed by atoms with Gasteiger partial charge in [-0.15, -0.1) is 11.3 Å². The summed E-state index contributed by atoms with van der Waals surface area (Å²) in [5, 5.41) is 12.3. The van der Waals surface area contributed by atoms with Crippen molar-refractivity contribution in [1.82, 2.24) is 14.9 Å². The van der Waals surface area contributed by atoms with Gasteiger partial charge in [-0.3, -0.25) is 4.79 Å². The molecule has 2 aromatic carbocycles. The van der Waals surface area contributed by atoms with Crippen molar-refractivity contribution < 1.29 is 23.2 Å². The van der Waals surface area contributed by atoms with E-state index in [9.17, 15) is 23.2 Å². The van der Waals surface area contributed by atoms with Crippen LogP contribution in [0.15, 0.2) is 78.7 Å². The number of allylic oxidation sites excluding steroid dienone is 2. The number of benzene rings is 2. The fraction of sp³-hybridized carbons (Fsp3) is 0.200. The number of hydroxylamine groups is 2. The maximum atomic E-state index is 13.5. The van der Waals surface area contributed by atoms with Crippen LogP contribution in [0.3, 0.4) is 0 Å². The van der Waals surface area contributed by atoms with Crippen LogP contribution in [-0.2, 0) is 17.4 Å². The number of hydrogen-bond acceptors (Lipinski definition) is 6. The van der Waals surface area contributed by atoms with Crippen molar-refractivity contribution >= 4 is 28.7 Å². The fourth-order valence-electron chi connectivity index (χ4n) is 4.41. The van der Waals surface area contributed by atoms with Crippen LogP contribution in [0, 0.1) is 0 Å². The first-order chi connectivity index (χ1) is 16.7. The van der Waals surface area contributed by atoms with Crippen LogP contribution in [0.2, 0.25) is 4.47 Å². The highest BCUT2D eigenvalue weighted by atomic mass is 35.5. The number of Topliss-reactive ketones (excluding diaryl/α,β-unsaturated/α-hetero) is 1. The van der Waals surface area contributed by atoms with Gasteiger partial charge >= 0.3 is 6.18 Å². The third kappa shape index (κ3) is 4.64. The van der Waals surface area contributed by atoms with E-state index >= 15 is 0 Å². The monoisotopic (exact) mass is 517 g/mol. The predicted octanol–water partition coefficient (Wildman–Crippen LogP) is 6.12. The number of carbonyl (C=O) groups is 1. The average molecular weight is 518 g/mol. The molecule has 180 valence electrons. The number of aromatic nitrogens is 1. The number of thiazole rings is 1. The summed E-state index contributed by atoms with van der Waals surface area (Å²) in [6, 6.07) is 10.8. The number of alkyl halides is 3. The molecule has 2 aliphatic rings. The van der Waals surface area contributed by atoms with Crippen molar-refractivity contribution in [3.05, 3.63) is 99.1 Å². The average Bonchev–Trinajstić information content (AvgIpc) is 3.26. The highest BCUT2D eigenvalue weighted by Crippen LogP contribution is 2.38. The van der Waals surface area contributed by atoms with Crippen LogP contribution in [0.25, 0.3) is 11.1 Å². The third-order valence-electron chi connectivity index (χ3n) is 6.09. The first-order valence-electron chi connectivity index (χ1n) is 10.7. The predicted molar refractivity (Wildman–Crippen MR) is 127 cm³/mol. The first-order valence-corrected chi connectivity index (χ1v) is 11.9. The van der Waals surface area contributed by atoms with Crippen LogP contribution >= 0.6 is 22.9 Å². The Balaban J connectivity index is 1.50. The van der Waals surface area contributed by atoms with Gasteiger partial charge in [-0.2, -0.15) is 18.2 Å². The molecule has 3 aromatic rings. The van der Waals surface area contributed by atoms with Gasteiger partial charge in [0.15, 0.2) is 4.47 Å². The quantitative estimate of drug-likeness (QED) is 0.452. The number of nitrogens with zero attached hydrogens (tertiary/aromatic N) is 3. The van der Waals surface area contributed by atoms with E-state index < -0.39 is 23.9 Å². The number of ketones is 1. The smallest absolute Gasteiger partial charge is 0.347 e. The maximum absolute atomic E-state index is 13.5. The van der Waals surface area contributed by atoms with Crippen molar-refractivity contribution in [3.63, 3.8) is 0 Å². The van der Waals surface area contributed by atoms with Crippen LogP contribution in [0.1, 0.15) is 22.0 Å². The molecule has 3 heterocycles. The summed E-state index contributed by atoms with van der Waals surface area (Å²) in [5.74, 6) is -0.264. The van der Waals surface area contributed by atoms with Gasteiger partial charge in [0.2, 0.25) is 5.78 Å². The van der Waals surface area contributed by atoms with Crippen molar-refractivity contribution in [2.45, 2.75) is 24.8 Å². The Labute approximate surface area is 208 Å². The molecule has 10 heteroatoms. The highest BCUT2D eigenvalue weighted by molar-refractivity contribution is 7.15. The summed E-state index contributed by atoms with van der Waals surface area (Å²) in [6.45, 7) is 0.462. The fourth-order valence-corrected chi connectivity index (χ4v) is 5.42. The van der Waals surface area contributed by atoms with Crippen LogP contribution in [0.4, 0.5) is 13.2 Å². The maximum Gasteiger partial charge on any atom is 0.416 e. The molecule has 0 radical (unpaired) electrons. The minimum Gasteiger partial charge on any atom is -0.347 e. The van der Waals surface area contributed by atoms with E-state index in [4.69, 9.17) is 11.6 Å². The second-order valence-corrected chi connectivity index (χ2v) is 9.94. The Morgan fingerprint density at radius 2 is 1.91 bits per heavy atom. The minimum absolute atomic E-state index is 0.264. The molecule has 0 spiro atoms. The van der Waals surface area contributed by atoms with E-state index in [1.54, 1.807) is 36.5 Å². The van der Waals surface area contributed by atoms with Crippen LogP contribution in [-0.4, -0.2) is 38.6 Å². The molecule has 0 aliphatic carbocycles. The van der Waals surface area contributed by atoms with E-state index in [0.717, 1.165) is 22.1 Å². The molecule has 2 atom stereocenters. The summed E-state index contributed by atoms with van der Waals surface area (Å²) in [7, 11) is 0. The Hall–Kier alpha value is -2.98. The zero-order chi connectivity index (χ0) is 24.7. The van der Waals surface area contributed by atoms with Gasteiger partial charge in [-0.05, 0) is 41.0 Å². The van der Waals surface area contributed by atoms with Gasteiger partial charge in [0.1, 0.15) is 12.2 Å². The summed E-state index contributed by atoms with van der Waals surface area (Å²) < 4.78 is 39.2. The molecule has 1 saturated heterocycles. The lowest BCUT2D eigenvalue weighted by Gasteiger charge is -2.46. The minimum atomic E-state index is -4.42. The second-order valence-electron chi connectivity index (χ2n) is 8.24. The van der Waals surface area contributed by atoms with Crippen molar-refractivity contribution in [2.24, 2.45) is 0 Å². The van der Waals surface area contributed by atoms with Crippen LogP contribution < -0.4 is 0 Å². The number of carbonyl (C=O) groups excluding carboxylic acids is 1. The lowest BCUT2D eigenvalue weighted by molar-refractivity contribution is -0.209. The number of hydrogen-bond donors (Lipinski definition) is 1. The lowest BCUT2D eigenvalue weighted by atomic mass is 9.91. The molecular formula is C25H19ClF3N3O2S. The number of rotatable bonds is 4. The molecule has 0 amide bonds. The number of fused-ring (bicyclic) bond motifs is 1. The largest absolute Gasteiger partial charge is 0.416 e. The van der Waals surface area contributed by atoms with E-state index in [-0.39, 0.29) is 5.78 Å². The standard InChI is InChI=1S/C25H19ClF3N3O2S/c26-24-30-14-19(35-24)13-21-31-11-2-1-6-20(31)23(33)22(32(21)34)17-5-3-4-16(12-17)15-7-9-18(10-8-15)25(27,28)29/h1-10,12,14,21-22,34H,11,13H2. The number of halogens is 4. The van der Waals surface area contributed by atoms with Gasteiger partial charge in [-0.25, -0.2) is 4.98 Å². The Morgan fingerprint density at radius 1 is 1.14 bits per heavy atom. The van der Waals surface area contributed by atoms with Crippen molar-refractivity contribution in [2.75, 3.05) is 6.54 Å². The SMILES string of the molecule is O=C1C2=CC=CCN2C(Cc2cnc(Cl)s2)N(O)C1c1cccc(-c2ccc(C(F)(F)F)cc2)c1. The molecule has 5 nitrogen and oxygen atoms in total. The van der Waals surface area contributed by atoms with Crippen molar-refractivity contribution in [1.29, 1.82) is 0 Å². The van der Waals surface area contributed by atoms with E-state index in [1.165, 1.54) is 23.5 Å². The molecule has 0 bridgehead atoms. The van der Waals surface area contributed by atoms with Crippen molar-refractivity contribution in [3.8, 4) is 11.1 Å². The zero-order valence-electron chi connectivity index (χ0n) is 18.1. The van der Waals surface area contributed by atoms with Gasteiger partial charge in [0.25, 0.3) is 0 Å². The van der Waals surface area contributed by atoms with Gasteiger partial charge in [0, 0.05) is 24.0 Å². The van der Waals surface area contributed by atoms with Crippen LogP contribution in [0.5, 0.6) is 0 Å².